The van der Waals surface area contributed by atoms with Crippen LogP contribution in [0.15, 0.2) is 0 Å². The van der Waals surface area contributed by atoms with Gasteiger partial charge in [-0.05, 0) is 33.1 Å². The van der Waals surface area contributed by atoms with Crippen LogP contribution in [0.2, 0.25) is 0 Å². The fourth-order valence-electron chi connectivity index (χ4n) is 1.48. The van der Waals surface area contributed by atoms with Crippen LogP contribution in [0.1, 0.15) is 47.0 Å². The molecule has 0 spiro atoms. The summed E-state index contributed by atoms with van der Waals surface area (Å²) in [6.07, 6.45) is 3.47. The summed E-state index contributed by atoms with van der Waals surface area (Å²) in [5.41, 5.74) is 0. The molecule has 12 heavy (non-hydrogen) atoms. The van der Waals surface area contributed by atoms with Gasteiger partial charge in [0.2, 0.25) is 0 Å². The van der Waals surface area contributed by atoms with Crippen LogP contribution in [-0.4, -0.2) is 17.5 Å². The molecule has 0 bridgehead atoms. The molecule has 0 aromatic carbocycles. The first kappa shape index (κ1) is 12.2. The Hall–Kier alpha value is 0.250. The molecule has 74 valence electrons. The summed E-state index contributed by atoms with van der Waals surface area (Å²) >= 11 is 5.90. The van der Waals surface area contributed by atoms with Crippen molar-refractivity contribution in [2.75, 3.05) is 0 Å². The molecule has 2 atom stereocenters. The highest BCUT2D eigenvalue weighted by Gasteiger charge is 2.09. The van der Waals surface area contributed by atoms with Crippen LogP contribution in [0.4, 0.5) is 0 Å². The van der Waals surface area contributed by atoms with Crippen LogP contribution in [0, 0.1) is 0 Å². The largest absolute Gasteiger partial charge is 0.311 e. The van der Waals surface area contributed by atoms with Gasteiger partial charge >= 0.3 is 0 Å². The quantitative estimate of drug-likeness (QED) is 0.636. The Bertz CT molecular complexity index is 100. The van der Waals surface area contributed by atoms with Crippen molar-refractivity contribution in [2.24, 2.45) is 0 Å². The van der Waals surface area contributed by atoms with E-state index < -0.39 is 0 Å². The van der Waals surface area contributed by atoms with Gasteiger partial charge in [0.25, 0.3) is 0 Å². The Kier molecular flexibility index (Phi) is 6.87. The molecule has 0 saturated carbocycles. The second kappa shape index (κ2) is 6.73. The minimum Gasteiger partial charge on any atom is -0.311 e. The maximum absolute atomic E-state index is 5.90. The summed E-state index contributed by atoms with van der Waals surface area (Å²) in [5.74, 6) is 0. The second-order valence-corrected chi connectivity index (χ2v) is 4.34. The van der Waals surface area contributed by atoms with Crippen molar-refractivity contribution < 1.29 is 0 Å². The van der Waals surface area contributed by atoms with Crippen molar-refractivity contribution >= 4 is 11.6 Å². The van der Waals surface area contributed by atoms with Crippen molar-refractivity contribution in [3.8, 4) is 0 Å². The van der Waals surface area contributed by atoms with E-state index in [1.54, 1.807) is 0 Å². The van der Waals surface area contributed by atoms with E-state index in [1.165, 1.54) is 12.8 Å². The monoisotopic (exact) mass is 191 g/mol. The molecule has 2 heteroatoms. The van der Waals surface area contributed by atoms with Gasteiger partial charge in [0.15, 0.2) is 0 Å². The molecule has 2 unspecified atom stereocenters. The van der Waals surface area contributed by atoms with Gasteiger partial charge in [0.05, 0.1) is 0 Å². The van der Waals surface area contributed by atoms with Gasteiger partial charge in [-0.1, -0.05) is 13.8 Å². The number of halogens is 1. The van der Waals surface area contributed by atoms with E-state index in [0.29, 0.717) is 12.1 Å². The van der Waals surface area contributed by atoms with E-state index in [9.17, 15) is 0 Å². The Morgan fingerprint density at radius 2 is 1.67 bits per heavy atom. The zero-order valence-electron chi connectivity index (χ0n) is 8.73. The van der Waals surface area contributed by atoms with Crippen LogP contribution in [-0.2, 0) is 0 Å². The molecule has 0 aliphatic rings. The lowest BCUT2D eigenvalue weighted by Gasteiger charge is -2.21. The number of alkyl halides is 1. The van der Waals surface area contributed by atoms with E-state index in [2.05, 4.69) is 26.1 Å². The predicted octanol–water partition coefficient (Wildman–Crippen LogP) is 3.17. The fourth-order valence-corrected chi connectivity index (χ4v) is 1.75. The molecule has 0 fully saturated rings. The van der Waals surface area contributed by atoms with Gasteiger partial charge in [-0.25, -0.2) is 0 Å². The molecule has 1 N–H and O–H groups in total. The smallest absolute Gasteiger partial charge is 0.0322 e. The van der Waals surface area contributed by atoms with Gasteiger partial charge in [-0.3, -0.25) is 0 Å². The summed E-state index contributed by atoms with van der Waals surface area (Å²) < 4.78 is 0. The van der Waals surface area contributed by atoms with Crippen LogP contribution in [0.25, 0.3) is 0 Å². The van der Waals surface area contributed by atoms with Crippen molar-refractivity contribution in [1.82, 2.24) is 5.32 Å². The summed E-state index contributed by atoms with van der Waals surface area (Å²) in [6.45, 7) is 8.69. The average Bonchev–Trinajstić information content (AvgIpc) is 1.98. The molecule has 0 aliphatic heterocycles. The molecule has 0 aliphatic carbocycles. The molecule has 0 heterocycles. The Morgan fingerprint density at radius 3 is 2.00 bits per heavy atom. The van der Waals surface area contributed by atoms with E-state index in [4.69, 9.17) is 11.6 Å². The minimum atomic E-state index is 0.280. The predicted molar refractivity (Wildman–Crippen MR) is 56.9 cm³/mol. The zero-order valence-corrected chi connectivity index (χ0v) is 9.49. The van der Waals surface area contributed by atoms with E-state index in [0.717, 1.165) is 6.42 Å². The van der Waals surface area contributed by atoms with Crippen LogP contribution in [0.3, 0.4) is 0 Å². The summed E-state index contributed by atoms with van der Waals surface area (Å²) in [4.78, 5) is 0. The Balaban J connectivity index is 3.58. The molecule has 0 amide bonds. The first-order valence-corrected chi connectivity index (χ1v) is 5.43. The van der Waals surface area contributed by atoms with Gasteiger partial charge in [-0.15, -0.1) is 11.6 Å². The summed E-state index contributed by atoms with van der Waals surface area (Å²) in [7, 11) is 0. The molecule has 1 nitrogen and oxygen atoms in total. The molecule has 0 radical (unpaired) electrons. The van der Waals surface area contributed by atoms with E-state index >= 15 is 0 Å². The third-order valence-corrected chi connectivity index (χ3v) is 2.36. The van der Waals surface area contributed by atoms with Crippen molar-refractivity contribution in [3.05, 3.63) is 0 Å². The number of hydrogen-bond acceptors (Lipinski definition) is 1. The second-order valence-electron chi connectivity index (χ2n) is 3.60. The average molecular weight is 192 g/mol. The Labute approximate surface area is 81.9 Å². The van der Waals surface area contributed by atoms with E-state index in [1.807, 2.05) is 6.92 Å². The van der Waals surface area contributed by atoms with Crippen LogP contribution in [0.5, 0.6) is 0 Å². The lowest BCUT2D eigenvalue weighted by molar-refractivity contribution is 0.408. The van der Waals surface area contributed by atoms with Gasteiger partial charge < -0.3 is 5.32 Å². The molecular weight excluding hydrogens is 170 g/mol. The lowest BCUT2D eigenvalue weighted by Crippen LogP contribution is -2.36. The first-order valence-electron chi connectivity index (χ1n) is 5.00. The minimum absolute atomic E-state index is 0.280. The normalized spacial score (nSPS) is 16.5. The SMILES string of the molecule is CCC(CC)NC(C)CC(C)Cl. The van der Waals surface area contributed by atoms with Crippen molar-refractivity contribution in [1.29, 1.82) is 0 Å². The fraction of sp³-hybridized carbons (Fsp3) is 1.00. The highest BCUT2D eigenvalue weighted by Crippen LogP contribution is 2.06. The molecule has 0 aromatic heterocycles. The third kappa shape index (κ3) is 5.84. The number of nitrogens with one attached hydrogen (secondary N) is 1. The topological polar surface area (TPSA) is 12.0 Å². The van der Waals surface area contributed by atoms with E-state index in [-0.39, 0.29) is 5.38 Å². The Morgan fingerprint density at radius 1 is 1.17 bits per heavy atom. The third-order valence-electron chi connectivity index (χ3n) is 2.18. The first-order chi connectivity index (χ1) is 5.60. The van der Waals surface area contributed by atoms with Gasteiger partial charge in [-0.2, -0.15) is 0 Å². The van der Waals surface area contributed by atoms with Gasteiger partial charge in [0, 0.05) is 17.5 Å². The maximum atomic E-state index is 5.90. The van der Waals surface area contributed by atoms with Crippen LogP contribution < -0.4 is 5.32 Å². The highest BCUT2D eigenvalue weighted by molar-refractivity contribution is 6.20. The van der Waals surface area contributed by atoms with Gasteiger partial charge in [0.1, 0.15) is 0 Å². The van der Waals surface area contributed by atoms with Crippen molar-refractivity contribution in [2.45, 2.75) is 64.4 Å². The zero-order chi connectivity index (χ0) is 9.56. The lowest BCUT2D eigenvalue weighted by atomic mass is 10.1. The summed E-state index contributed by atoms with van der Waals surface area (Å²) in [6, 6.07) is 1.21. The standard InChI is InChI=1S/C10H22ClN/c1-5-10(6-2)12-9(4)7-8(3)11/h8-10,12H,5-7H2,1-4H3. The molecule has 0 saturated heterocycles. The van der Waals surface area contributed by atoms with Crippen LogP contribution >= 0.6 is 11.6 Å². The summed E-state index contributed by atoms with van der Waals surface area (Å²) in [5, 5.41) is 3.84. The maximum Gasteiger partial charge on any atom is 0.0322 e. The molecular formula is C10H22ClN. The van der Waals surface area contributed by atoms with Crippen molar-refractivity contribution in [3.63, 3.8) is 0 Å². The number of rotatable bonds is 6. The molecule has 0 rings (SSSR count). The highest BCUT2D eigenvalue weighted by atomic mass is 35.5. The number of hydrogen-bond donors (Lipinski definition) is 1. The molecule has 0 aromatic rings.